The zero-order valence-corrected chi connectivity index (χ0v) is 17.9. The van der Waals surface area contributed by atoms with Gasteiger partial charge in [-0.1, -0.05) is 41.7 Å². The molecule has 1 saturated heterocycles. The lowest BCUT2D eigenvalue weighted by atomic mass is 10.0. The van der Waals surface area contributed by atoms with E-state index in [0.717, 1.165) is 48.1 Å². The fourth-order valence-corrected chi connectivity index (χ4v) is 5.35. The smallest absolute Gasteiger partial charge is 0.184 e. The molecule has 0 bridgehead atoms. The van der Waals surface area contributed by atoms with Gasteiger partial charge >= 0.3 is 0 Å². The first kappa shape index (κ1) is 20.0. The molecule has 0 spiro atoms. The van der Waals surface area contributed by atoms with Gasteiger partial charge in [-0.15, -0.1) is 11.3 Å². The Morgan fingerprint density at radius 3 is 2.66 bits per heavy atom. The first-order chi connectivity index (χ1) is 13.8. The van der Waals surface area contributed by atoms with Crippen LogP contribution in [0.15, 0.2) is 60.1 Å². The van der Waals surface area contributed by atoms with Gasteiger partial charge in [0.15, 0.2) is 5.13 Å². The highest BCUT2D eigenvalue weighted by Crippen LogP contribution is 2.32. The Hall–Kier alpha value is -2.32. The molecule has 1 aliphatic rings. The molecule has 4 N–H and O–H groups in total. The summed E-state index contributed by atoms with van der Waals surface area (Å²) in [6.07, 6.45) is 4.17. The quantitative estimate of drug-likeness (QED) is 0.433. The van der Waals surface area contributed by atoms with E-state index in [-0.39, 0.29) is 6.15 Å². The highest BCUT2D eigenvalue weighted by Gasteiger charge is 2.20. The number of piperidine rings is 1. The molecule has 150 valence electrons. The van der Waals surface area contributed by atoms with Crippen molar-refractivity contribution in [1.82, 2.24) is 21.0 Å². The number of hydrogen-bond acceptors (Lipinski definition) is 7. The summed E-state index contributed by atoms with van der Waals surface area (Å²) < 4.78 is 1.22. The summed E-state index contributed by atoms with van der Waals surface area (Å²) in [6, 6.07) is 17.7. The molecule has 0 radical (unpaired) electrons. The molecule has 0 amide bonds. The Morgan fingerprint density at radius 2 is 1.90 bits per heavy atom. The van der Waals surface area contributed by atoms with Crippen molar-refractivity contribution in [3.05, 3.63) is 65.7 Å². The van der Waals surface area contributed by atoms with Crippen molar-refractivity contribution in [3.63, 3.8) is 0 Å². The molecule has 0 unspecified atom stereocenters. The number of thiazole rings is 2. The van der Waals surface area contributed by atoms with E-state index < -0.39 is 0 Å². The summed E-state index contributed by atoms with van der Waals surface area (Å²) in [7, 11) is 0. The molecule has 3 heterocycles. The molecule has 0 aliphatic carbocycles. The van der Waals surface area contributed by atoms with Crippen LogP contribution in [0.1, 0.15) is 18.4 Å². The summed E-state index contributed by atoms with van der Waals surface area (Å²) in [4.78, 5) is 11.8. The van der Waals surface area contributed by atoms with E-state index in [1.54, 1.807) is 22.7 Å². The van der Waals surface area contributed by atoms with Gasteiger partial charge < -0.3 is 11.5 Å². The first-order valence-electron chi connectivity index (χ1n) is 9.67. The molecule has 2 aromatic heterocycles. The normalized spacial score (nSPS) is 15.3. The molecule has 1 aliphatic heterocycles. The molecular formula is C22H25N5S2. The van der Waals surface area contributed by atoms with Crippen molar-refractivity contribution in [2.75, 3.05) is 18.4 Å². The highest BCUT2D eigenvalue weighted by atomic mass is 32.1. The predicted molar refractivity (Wildman–Crippen MR) is 124 cm³/mol. The molecule has 1 fully saturated rings. The van der Waals surface area contributed by atoms with Gasteiger partial charge in [-0.05, 0) is 36.6 Å². The van der Waals surface area contributed by atoms with Gasteiger partial charge in [-0.2, -0.15) is 0 Å². The van der Waals surface area contributed by atoms with Crippen LogP contribution in [0.5, 0.6) is 0 Å². The maximum absolute atomic E-state index is 4.79. The minimum Gasteiger partial charge on any atom is -0.359 e. The molecule has 5 rings (SSSR count). The highest BCUT2D eigenvalue weighted by molar-refractivity contribution is 7.22. The van der Waals surface area contributed by atoms with Gasteiger partial charge in [-0.25, -0.2) is 9.97 Å². The standard InChI is InChI=1S/C22H22N4S2.H3N/c1-2-4-16(5-3-1)15-26-11-8-18(9-12-26)24-22-25-19-7-6-17(14-20(19)28-22)21-23-10-13-27-21;/h1-7,10,13-14,18H,8-9,11-12,15H2,(H,24,25);1H3. The Labute approximate surface area is 179 Å². The first-order valence-corrected chi connectivity index (χ1v) is 11.4. The lowest BCUT2D eigenvalue weighted by molar-refractivity contribution is 0.211. The minimum atomic E-state index is 0. The minimum absolute atomic E-state index is 0. The van der Waals surface area contributed by atoms with Crippen molar-refractivity contribution in [1.29, 1.82) is 0 Å². The number of nitrogens with one attached hydrogen (secondary N) is 1. The lowest BCUT2D eigenvalue weighted by Gasteiger charge is -2.32. The SMILES string of the molecule is N.c1ccc(CN2CCC(Nc3nc4ccc(-c5nccs5)cc4s3)CC2)cc1. The van der Waals surface area contributed by atoms with E-state index in [1.165, 1.54) is 15.8 Å². The molecule has 5 nitrogen and oxygen atoms in total. The number of nitrogens with zero attached hydrogens (tertiary/aromatic N) is 3. The van der Waals surface area contributed by atoms with Crippen molar-refractivity contribution in [2.24, 2.45) is 0 Å². The molecule has 7 heteroatoms. The van der Waals surface area contributed by atoms with Crippen LogP contribution in [-0.4, -0.2) is 34.0 Å². The number of benzene rings is 2. The Morgan fingerprint density at radius 1 is 1.07 bits per heavy atom. The van der Waals surface area contributed by atoms with E-state index in [4.69, 9.17) is 4.98 Å². The van der Waals surface area contributed by atoms with Crippen molar-refractivity contribution in [2.45, 2.75) is 25.4 Å². The van der Waals surface area contributed by atoms with Crippen molar-refractivity contribution in [3.8, 4) is 10.6 Å². The number of anilines is 1. The van der Waals surface area contributed by atoms with Gasteiger partial charge in [0.2, 0.25) is 0 Å². The van der Waals surface area contributed by atoms with E-state index >= 15 is 0 Å². The Kier molecular flexibility index (Phi) is 6.20. The molecule has 0 saturated carbocycles. The molecule has 4 aromatic rings. The summed E-state index contributed by atoms with van der Waals surface area (Å²) in [6.45, 7) is 3.31. The lowest BCUT2D eigenvalue weighted by Crippen LogP contribution is -2.38. The molecule has 29 heavy (non-hydrogen) atoms. The van der Waals surface area contributed by atoms with Gasteiger partial charge in [0, 0.05) is 42.8 Å². The second-order valence-electron chi connectivity index (χ2n) is 7.22. The van der Waals surface area contributed by atoms with Crippen LogP contribution in [0.3, 0.4) is 0 Å². The summed E-state index contributed by atoms with van der Waals surface area (Å²) in [5, 5.41) is 7.79. The van der Waals surface area contributed by atoms with Crippen LogP contribution in [0.25, 0.3) is 20.8 Å². The average Bonchev–Trinajstić information content (AvgIpc) is 3.39. The van der Waals surface area contributed by atoms with E-state index in [2.05, 4.69) is 63.7 Å². The second kappa shape index (κ2) is 9.00. The summed E-state index contributed by atoms with van der Waals surface area (Å²) >= 11 is 3.42. The zero-order valence-electron chi connectivity index (χ0n) is 16.3. The summed E-state index contributed by atoms with van der Waals surface area (Å²) in [5.74, 6) is 0. The van der Waals surface area contributed by atoms with Crippen LogP contribution in [0.2, 0.25) is 0 Å². The molecule has 0 atom stereocenters. The van der Waals surface area contributed by atoms with Gasteiger partial charge in [0.1, 0.15) is 5.01 Å². The fourth-order valence-electron chi connectivity index (χ4n) is 3.74. The summed E-state index contributed by atoms with van der Waals surface area (Å²) in [5.41, 5.74) is 3.64. The number of likely N-dealkylation sites (tertiary alicyclic amines) is 1. The Bertz CT molecular complexity index is 1040. The van der Waals surface area contributed by atoms with Crippen LogP contribution in [0.4, 0.5) is 5.13 Å². The van der Waals surface area contributed by atoms with Crippen LogP contribution < -0.4 is 11.5 Å². The van der Waals surface area contributed by atoms with Gasteiger partial charge in [0.25, 0.3) is 0 Å². The monoisotopic (exact) mass is 423 g/mol. The molecular weight excluding hydrogens is 398 g/mol. The number of fused-ring (bicyclic) bond motifs is 1. The van der Waals surface area contributed by atoms with Crippen LogP contribution in [-0.2, 0) is 6.54 Å². The van der Waals surface area contributed by atoms with Crippen molar-refractivity contribution < 1.29 is 0 Å². The van der Waals surface area contributed by atoms with Crippen molar-refractivity contribution >= 4 is 38.0 Å². The number of hydrogen-bond donors (Lipinski definition) is 2. The topological polar surface area (TPSA) is 76.1 Å². The Balaban J connectivity index is 0.00000205. The van der Waals surface area contributed by atoms with Crippen LogP contribution in [0, 0.1) is 0 Å². The maximum Gasteiger partial charge on any atom is 0.184 e. The zero-order chi connectivity index (χ0) is 18.8. The third kappa shape index (κ3) is 4.64. The third-order valence-electron chi connectivity index (χ3n) is 5.23. The van der Waals surface area contributed by atoms with Gasteiger partial charge in [0.05, 0.1) is 10.2 Å². The second-order valence-corrected chi connectivity index (χ2v) is 9.14. The third-order valence-corrected chi connectivity index (χ3v) is 7.00. The number of aromatic nitrogens is 2. The maximum atomic E-state index is 4.79. The van der Waals surface area contributed by atoms with E-state index in [9.17, 15) is 0 Å². The van der Waals surface area contributed by atoms with E-state index in [1.807, 2.05) is 11.6 Å². The number of rotatable bonds is 5. The largest absolute Gasteiger partial charge is 0.359 e. The molecule has 2 aromatic carbocycles. The average molecular weight is 424 g/mol. The van der Waals surface area contributed by atoms with Gasteiger partial charge in [-0.3, -0.25) is 4.90 Å². The predicted octanol–water partition coefficient (Wildman–Crippen LogP) is 5.66. The fraction of sp³-hybridized carbons (Fsp3) is 0.273. The van der Waals surface area contributed by atoms with E-state index in [0.29, 0.717) is 6.04 Å². The van der Waals surface area contributed by atoms with Crippen LogP contribution >= 0.6 is 22.7 Å².